The second-order valence-electron chi connectivity index (χ2n) is 2.95. The minimum atomic E-state index is -0.695. The highest BCUT2D eigenvalue weighted by Crippen LogP contribution is 2.17. The molecular formula is C11H11BrN2O3. The number of halogens is 1. The lowest BCUT2D eigenvalue weighted by Crippen LogP contribution is -2.08. The van der Waals surface area contributed by atoms with Gasteiger partial charge >= 0.3 is 5.69 Å². The summed E-state index contributed by atoms with van der Waals surface area (Å²) in [6.07, 6.45) is 1.11. The zero-order valence-corrected chi connectivity index (χ0v) is 10.9. The molecule has 1 aromatic heterocycles. The standard InChI is InChI=1S/C9H5BrN2O3.C2H6/c10-5-1-2-7-6(3-5)9(13)8(4-11-7)12(14)15;1-2/h1-4H,(H,11,13);1-2H3. The lowest BCUT2D eigenvalue weighted by atomic mass is 10.2. The second kappa shape index (κ2) is 5.58. The Kier molecular flexibility index (Phi) is 4.39. The van der Waals surface area contributed by atoms with Crippen molar-refractivity contribution in [3.05, 3.63) is 49.2 Å². The van der Waals surface area contributed by atoms with E-state index in [1.807, 2.05) is 13.8 Å². The van der Waals surface area contributed by atoms with Gasteiger partial charge in [0.25, 0.3) is 5.43 Å². The molecule has 1 aromatic carbocycles. The van der Waals surface area contributed by atoms with Gasteiger partial charge in [-0.3, -0.25) is 14.9 Å². The van der Waals surface area contributed by atoms with Gasteiger partial charge in [0.15, 0.2) is 0 Å². The van der Waals surface area contributed by atoms with Crippen LogP contribution >= 0.6 is 15.9 Å². The molecule has 2 rings (SSSR count). The van der Waals surface area contributed by atoms with Crippen molar-refractivity contribution >= 4 is 32.5 Å². The van der Waals surface area contributed by atoms with E-state index in [-0.39, 0.29) is 0 Å². The van der Waals surface area contributed by atoms with E-state index < -0.39 is 16.0 Å². The number of rotatable bonds is 1. The molecule has 17 heavy (non-hydrogen) atoms. The number of nitro groups is 1. The number of hydrogen-bond donors (Lipinski definition) is 1. The molecule has 0 fully saturated rings. The lowest BCUT2D eigenvalue weighted by Gasteiger charge is -1.97. The largest absolute Gasteiger partial charge is 0.355 e. The molecule has 0 spiro atoms. The fourth-order valence-corrected chi connectivity index (χ4v) is 1.68. The lowest BCUT2D eigenvalue weighted by molar-refractivity contribution is -0.386. The summed E-state index contributed by atoms with van der Waals surface area (Å²) < 4.78 is 0.709. The molecule has 90 valence electrons. The third kappa shape index (κ3) is 2.71. The number of aromatic nitrogens is 1. The number of aromatic amines is 1. The molecule has 0 aliphatic heterocycles. The van der Waals surface area contributed by atoms with E-state index in [2.05, 4.69) is 20.9 Å². The van der Waals surface area contributed by atoms with Crippen LogP contribution in [0.4, 0.5) is 5.69 Å². The fraction of sp³-hybridized carbons (Fsp3) is 0.182. The number of pyridine rings is 1. The van der Waals surface area contributed by atoms with Gasteiger partial charge in [-0.1, -0.05) is 29.8 Å². The molecule has 1 heterocycles. The first-order valence-corrected chi connectivity index (χ1v) is 5.84. The second-order valence-corrected chi connectivity index (χ2v) is 3.87. The van der Waals surface area contributed by atoms with Crippen molar-refractivity contribution in [3.8, 4) is 0 Å². The van der Waals surface area contributed by atoms with Gasteiger partial charge in [0, 0.05) is 9.99 Å². The van der Waals surface area contributed by atoms with Crippen molar-refractivity contribution in [2.45, 2.75) is 13.8 Å². The van der Waals surface area contributed by atoms with Crippen LogP contribution in [0.1, 0.15) is 13.8 Å². The summed E-state index contributed by atoms with van der Waals surface area (Å²) in [4.78, 5) is 24.2. The summed E-state index contributed by atoms with van der Waals surface area (Å²) in [6, 6.07) is 5.00. The van der Waals surface area contributed by atoms with E-state index in [1.165, 1.54) is 0 Å². The van der Waals surface area contributed by atoms with Gasteiger partial charge in [-0.25, -0.2) is 0 Å². The highest BCUT2D eigenvalue weighted by Gasteiger charge is 2.14. The molecule has 5 nitrogen and oxygen atoms in total. The molecule has 0 radical (unpaired) electrons. The summed E-state index contributed by atoms with van der Waals surface area (Å²) in [6.45, 7) is 4.00. The number of hydrogen-bond acceptors (Lipinski definition) is 3. The maximum absolute atomic E-state index is 11.6. The van der Waals surface area contributed by atoms with E-state index in [9.17, 15) is 14.9 Å². The van der Waals surface area contributed by atoms with Crippen LogP contribution in [0.25, 0.3) is 10.9 Å². The van der Waals surface area contributed by atoms with Gasteiger partial charge < -0.3 is 4.98 Å². The average molecular weight is 299 g/mol. The van der Waals surface area contributed by atoms with Crippen LogP contribution in [0.5, 0.6) is 0 Å². The van der Waals surface area contributed by atoms with Crippen molar-refractivity contribution in [2.24, 2.45) is 0 Å². The molecule has 0 atom stereocenters. The normalized spacial score (nSPS) is 9.59. The fourth-order valence-electron chi connectivity index (χ4n) is 1.32. The van der Waals surface area contributed by atoms with Crippen LogP contribution < -0.4 is 5.43 Å². The summed E-state index contributed by atoms with van der Waals surface area (Å²) in [5.41, 5.74) is -0.440. The summed E-state index contributed by atoms with van der Waals surface area (Å²) >= 11 is 3.21. The molecule has 2 aromatic rings. The van der Waals surface area contributed by atoms with E-state index in [0.717, 1.165) is 6.20 Å². The van der Waals surface area contributed by atoms with Crippen molar-refractivity contribution in [1.29, 1.82) is 0 Å². The Morgan fingerprint density at radius 1 is 1.35 bits per heavy atom. The van der Waals surface area contributed by atoms with Gasteiger partial charge in [-0.2, -0.15) is 0 Å². The van der Waals surface area contributed by atoms with Crippen LogP contribution in [0, 0.1) is 10.1 Å². The minimum absolute atomic E-state index is 0.304. The predicted molar refractivity (Wildman–Crippen MR) is 70.3 cm³/mol. The quantitative estimate of drug-likeness (QED) is 0.648. The monoisotopic (exact) mass is 298 g/mol. The first-order chi connectivity index (χ1) is 8.09. The van der Waals surface area contributed by atoms with Gasteiger partial charge in [0.05, 0.1) is 16.5 Å². The van der Waals surface area contributed by atoms with Crippen molar-refractivity contribution in [3.63, 3.8) is 0 Å². The van der Waals surface area contributed by atoms with Gasteiger partial charge in [-0.05, 0) is 18.2 Å². The Bertz CT molecular complexity index is 607. The third-order valence-electron chi connectivity index (χ3n) is 2.02. The number of benzene rings is 1. The Hall–Kier alpha value is -1.69. The van der Waals surface area contributed by atoms with Crippen molar-refractivity contribution < 1.29 is 4.92 Å². The molecule has 0 saturated carbocycles. The molecule has 0 saturated heterocycles. The van der Waals surface area contributed by atoms with Crippen molar-refractivity contribution in [2.75, 3.05) is 0 Å². The first-order valence-electron chi connectivity index (χ1n) is 5.05. The number of H-pyrrole nitrogens is 1. The van der Waals surface area contributed by atoms with E-state index >= 15 is 0 Å². The zero-order valence-electron chi connectivity index (χ0n) is 9.36. The highest BCUT2D eigenvalue weighted by molar-refractivity contribution is 9.10. The van der Waals surface area contributed by atoms with Gasteiger partial charge in [-0.15, -0.1) is 0 Å². The molecule has 1 N–H and O–H groups in total. The third-order valence-corrected chi connectivity index (χ3v) is 2.51. The van der Waals surface area contributed by atoms with E-state index in [1.54, 1.807) is 18.2 Å². The average Bonchev–Trinajstić information content (AvgIpc) is 2.32. The molecule has 0 bridgehead atoms. The Morgan fingerprint density at radius 3 is 2.59 bits per heavy atom. The molecule has 0 amide bonds. The van der Waals surface area contributed by atoms with E-state index in [4.69, 9.17) is 0 Å². The number of nitrogens with one attached hydrogen (secondary N) is 1. The molecule has 0 aliphatic rings. The minimum Gasteiger partial charge on any atom is -0.355 e. The smallest absolute Gasteiger partial charge is 0.332 e. The predicted octanol–water partition coefficient (Wildman–Crippen LogP) is 3.23. The summed E-state index contributed by atoms with van der Waals surface area (Å²) in [7, 11) is 0. The maximum atomic E-state index is 11.6. The van der Waals surface area contributed by atoms with Crippen molar-refractivity contribution in [1.82, 2.24) is 4.98 Å². The Balaban J connectivity index is 0.000000686. The zero-order chi connectivity index (χ0) is 13.0. The first kappa shape index (κ1) is 13.4. The summed E-state index contributed by atoms with van der Waals surface area (Å²) in [5, 5.41) is 10.8. The topological polar surface area (TPSA) is 76.0 Å². The Morgan fingerprint density at radius 2 is 2.00 bits per heavy atom. The molecule has 0 unspecified atom stereocenters. The SMILES string of the molecule is CC.O=c1c([N+](=O)[O-])c[nH]c2ccc(Br)cc12. The van der Waals surface area contributed by atoms with E-state index in [0.29, 0.717) is 15.4 Å². The maximum Gasteiger partial charge on any atom is 0.332 e. The summed E-state index contributed by atoms with van der Waals surface area (Å²) in [5.74, 6) is 0. The highest BCUT2D eigenvalue weighted by atomic mass is 79.9. The van der Waals surface area contributed by atoms with Crippen LogP contribution in [-0.4, -0.2) is 9.91 Å². The molecule has 0 aliphatic carbocycles. The van der Waals surface area contributed by atoms with Gasteiger partial charge in [0.1, 0.15) is 0 Å². The van der Waals surface area contributed by atoms with Crippen LogP contribution in [0.3, 0.4) is 0 Å². The van der Waals surface area contributed by atoms with Gasteiger partial charge in [0.2, 0.25) is 0 Å². The Labute approximate surface area is 106 Å². The van der Waals surface area contributed by atoms with Crippen LogP contribution in [0.15, 0.2) is 33.7 Å². The number of nitrogens with zero attached hydrogens (tertiary/aromatic N) is 1. The molecule has 6 heteroatoms. The van der Waals surface area contributed by atoms with Crippen LogP contribution in [0.2, 0.25) is 0 Å². The molecular weight excluding hydrogens is 288 g/mol. The van der Waals surface area contributed by atoms with Crippen LogP contribution in [-0.2, 0) is 0 Å². The number of fused-ring (bicyclic) bond motifs is 1.